The molecule has 1 rings (SSSR count). The molecule has 1 aliphatic rings. The van der Waals surface area contributed by atoms with Crippen molar-refractivity contribution in [2.45, 2.75) is 25.8 Å². The van der Waals surface area contributed by atoms with E-state index in [1.165, 1.54) is 0 Å². The average molecular weight is 266 g/mol. The molecule has 3 N–H and O–H groups in total. The molecule has 0 amide bonds. The van der Waals surface area contributed by atoms with E-state index in [-0.39, 0.29) is 29.3 Å². The Hall–Kier alpha value is -0.240. The standard InChI is InChI=1S/C9H18N2O3S2/c1-2-14-5-6-16(12,13)11-8(9(10)15)7-3-4-7/h7-8,11H,2-6H2,1H3,(H2,10,15). The fraction of sp³-hybridized carbons (Fsp3) is 0.889. The van der Waals surface area contributed by atoms with Gasteiger partial charge >= 0.3 is 0 Å². The molecular formula is C9H18N2O3S2. The molecule has 16 heavy (non-hydrogen) atoms. The highest BCUT2D eigenvalue weighted by molar-refractivity contribution is 7.89. The fourth-order valence-corrected chi connectivity index (χ4v) is 2.87. The van der Waals surface area contributed by atoms with E-state index >= 15 is 0 Å². The monoisotopic (exact) mass is 266 g/mol. The van der Waals surface area contributed by atoms with Crippen molar-refractivity contribution in [3.8, 4) is 0 Å². The Morgan fingerprint density at radius 1 is 1.62 bits per heavy atom. The van der Waals surface area contributed by atoms with Gasteiger partial charge in [-0.15, -0.1) is 0 Å². The lowest BCUT2D eigenvalue weighted by Crippen LogP contribution is -2.46. The first-order valence-corrected chi connectivity index (χ1v) is 7.39. The van der Waals surface area contributed by atoms with Crippen LogP contribution in [-0.2, 0) is 14.8 Å². The van der Waals surface area contributed by atoms with Crippen molar-refractivity contribution in [3.63, 3.8) is 0 Å². The second-order valence-electron chi connectivity index (χ2n) is 3.85. The van der Waals surface area contributed by atoms with Crippen LogP contribution in [0.5, 0.6) is 0 Å². The normalized spacial score (nSPS) is 18.3. The Morgan fingerprint density at radius 2 is 2.25 bits per heavy atom. The van der Waals surface area contributed by atoms with Gasteiger partial charge in [0.2, 0.25) is 10.0 Å². The minimum atomic E-state index is -3.35. The second-order valence-corrected chi connectivity index (χ2v) is 6.20. The van der Waals surface area contributed by atoms with Crippen LogP contribution < -0.4 is 10.5 Å². The molecule has 0 spiro atoms. The van der Waals surface area contributed by atoms with Gasteiger partial charge in [0.1, 0.15) is 0 Å². The third-order valence-electron chi connectivity index (χ3n) is 2.41. The lowest BCUT2D eigenvalue weighted by molar-refractivity contribution is 0.163. The molecule has 7 heteroatoms. The number of nitrogens with two attached hydrogens (primary N) is 1. The number of rotatable bonds is 8. The third-order valence-corrected chi connectivity index (χ3v) is 3.98. The van der Waals surface area contributed by atoms with Crippen LogP contribution in [0, 0.1) is 5.92 Å². The smallest absolute Gasteiger partial charge is 0.214 e. The van der Waals surface area contributed by atoms with Gasteiger partial charge < -0.3 is 10.5 Å². The molecule has 1 aliphatic carbocycles. The highest BCUT2D eigenvalue weighted by Gasteiger charge is 2.35. The van der Waals surface area contributed by atoms with Crippen LogP contribution in [0.2, 0.25) is 0 Å². The SMILES string of the molecule is CCOCCS(=O)(=O)NC(C(N)=S)C1CC1. The van der Waals surface area contributed by atoms with Crippen LogP contribution >= 0.6 is 12.2 Å². The van der Waals surface area contributed by atoms with Crippen LogP contribution in [0.25, 0.3) is 0 Å². The summed E-state index contributed by atoms with van der Waals surface area (Å²) in [5.74, 6) is 0.228. The van der Waals surface area contributed by atoms with Gasteiger partial charge in [-0.25, -0.2) is 13.1 Å². The van der Waals surface area contributed by atoms with E-state index < -0.39 is 10.0 Å². The fourth-order valence-electron chi connectivity index (χ4n) is 1.38. The van der Waals surface area contributed by atoms with E-state index in [9.17, 15) is 8.42 Å². The minimum Gasteiger partial charge on any atom is -0.392 e. The van der Waals surface area contributed by atoms with Crippen LogP contribution in [-0.4, -0.2) is 38.4 Å². The summed E-state index contributed by atoms with van der Waals surface area (Å²) in [7, 11) is -3.35. The molecule has 0 bridgehead atoms. The van der Waals surface area contributed by atoms with Crippen LogP contribution in [0.1, 0.15) is 19.8 Å². The van der Waals surface area contributed by atoms with E-state index in [1.54, 1.807) is 0 Å². The number of nitrogens with one attached hydrogen (secondary N) is 1. The zero-order chi connectivity index (χ0) is 12.2. The van der Waals surface area contributed by atoms with E-state index in [0.717, 1.165) is 12.8 Å². The molecule has 1 fully saturated rings. The first-order valence-electron chi connectivity index (χ1n) is 5.33. The van der Waals surface area contributed by atoms with Gasteiger partial charge in [-0.05, 0) is 25.7 Å². The molecule has 0 aliphatic heterocycles. The molecule has 0 heterocycles. The maximum atomic E-state index is 11.6. The molecule has 5 nitrogen and oxygen atoms in total. The Kier molecular flexibility index (Phi) is 5.10. The topological polar surface area (TPSA) is 81.4 Å². The van der Waals surface area contributed by atoms with Crippen LogP contribution in [0.15, 0.2) is 0 Å². The van der Waals surface area contributed by atoms with Crippen molar-refractivity contribution >= 4 is 27.2 Å². The molecule has 1 saturated carbocycles. The summed E-state index contributed by atoms with van der Waals surface area (Å²) in [4.78, 5) is 0.225. The maximum absolute atomic E-state index is 11.6. The van der Waals surface area contributed by atoms with Crippen LogP contribution in [0.3, 0.4) is 0 Å². The maximum Gasteiger partial charge on any atom is 0.214 e. The quantitative estimate of drug-likeness (QED) is 0.478. The minimum absolute atomic E-state index is 0.0489. The van der Waals surface area contributed by atoms with Crippen molar-refractivity contribution in [1.82, 2.24) is 4.72 Å². The Morgan fingerprint density at radius 3 is 2.69 bits per heavy atom. The van der Waals surface area contributed by atoms with Gasteiger partial charge in [-0.2, -0.15) is 0 Å². The first-order chi connectivity index (χ1) is 7.46. The summed E-state index contributed by atoms with van der Waals surface area (Å²) in [6, 6.07) is -0.387. The van der Waals surface area contributed by atoms with Crippen molar-refractivity contribution in [2.24, 2.45) is 11.7 Å². The Labute approximate surface area is 102 Å². The zero-order valence-corrected chi connectivity index (χ0v) is 10.9. The average Bonchev–Trinajstić information content (AvgIpc) is 2.97. The molecule has 0 saturated heterocycles. The number of hydrogen-bond acceptors (Lipinski definition) is 4. The Bertz CT molecular complexity index is 339. The summed E-state index contributed by atoms with van der Waals surface area (Å²) in [6.07, 6.45) is 1.96. The van der Waals surface area contributed by atoms with E-state index in [0.29, 0.717) is 6.61 Å². The van der Waals surface area contributed by atoms with Gasteiger partial charge in [0, 0.05) is 6.61 Å². The molecule has 0 radical (unpaired) electrons. The highest BCUT2D eigenvalue weighted by Crippen LogP contribution is 2.33. The van der Waals surface area contributed by atoms with E-state index in [2.05, 4.69) is 4.72 Å². The highest BCUT2D eigenvalue weighted by atomic mass is 32.2. The lowest BCUT2D eigenvalue weighted by atomic mass is 10.2. The largest absolute Gasteiger partial charge is 0.392 e. The number of ether oxygens (including phenoxy) is 1. The molecular weight excluding hydrogens is 248 g/mol. The number of sulfonamides is 1. The van der Waals surface area contributed by atoms with Gasteiger partial charge in [-0.1, -0.05) is 12.2 Å². The van der Waals surface area contributed by atoms with Gasteiger partial charge in [0.25, 0.3) is 0 Å². The summed E-state index contributed by atoms with van der Waals surface area (Å²) >= 11 is 4.86. The zero-order valence-electron chi connectivity index (χ0n) is 9.31. The molecule has 1 unspecified atom stereocenters. The summed E-state index contributed by atoms with van der Waals surface area (Å²) in [6.45, 7) is 2.53. The van der Waals surface area contributed by atoms with Crippen molar-refractivity contribution < 1.29 is 13.2 Å². The molecule has 0 aromatic carbocycles. The van der Waals surface area contributed by atoms with E-state index in [1.807, 2.05) is 6.92 Å². The van der Waals surface area contributed by atoms with Gasteiger partial charge in [-0.3, -0.25) is 0 Å². The first kappa shape index (κ1) is 13.8. The van der Waals surface area contributed by atoms with Crippen molar-refractivity contribution in [2.75, 3.05) is 19.0 Å². The predicted molar refractivity (Wildman–Crippen MR) is 66.7 cm³/mol. The van der Waals surface area contributed by atoms with Gasteiger partial charge in [0.05, 0.1) is 23.4 Å². The number of hydrogen-bond donors (Lipinski definition) is 2. The Balaban J connectivity index is 2.46. The van der Waals surface area contributed by atoms with E-state index in [4.69, 9.17) is 22.7 Å². The second kappa shape index (κ2) is 5.90. The molecule has 0 aromatic heterocycles. The third kappa shape index (κ3) is 4.73. The number of thiocarbonyl (C=S) groups is 1. The predicted octanol–water partition coefficient (Wildman–Crippen LogP) is 0.00700. The summed E-state index contributed by atoms with van der Waals surface area (Å²) in [5.41, 5.74) is 5.51. The summed E-state index contributed by atoms with van der Waals surface area (Å²) in [5, 5.41) is 0. The lowest BCUT2D eigenvalue weighted by Gasteiger charge is -2.16. The molecule has 94 valence electrons. The van der Waals surface area contributed by atoms with Crippen molar-refractivity contribution in [3.05, 3.63) is 0 Å². The molecule has 0 aromatic rings. The summed E-state index contributed by atoms with van der Waals surface area (Å²) < 4.78 is 30.8. The van der Waals surface area contributed by atoms with Crippen LogP contribution in [0.4, 0.5) is 0 Å². The van der Waals surface area contributed by atoms with Crippen molar-refractivity contribution in [1.29, 1.82) is 0 Å². The molecule has 1 atom stereocenters. The van der Waals surface area contributed by atoms with Gasteiger partial charge in [0.15, 0.2) is 0 Å².